The molecule has 0 spiro atoms. The predicted octanol–water partition coefficient (Wildman–Crippen LogP) is 3.55. The number of halogens is 3. The smallest absolute Gasteiger partial charge is 0.416 e. The van der Waals surface area contributed by atoms with E-state index in [1.54, 1.807) is 13.0 Å². The lowest BCUT2D eigenvalue weighted by Gasteiger charge is -2.32. The number of phenols is 1. The van der Waals surface area contributed by atoms with Gasteiger partial charge in [-0.15, -0.1) is 5.10 Å². The highest BCUT2D eigenvalue weighted by molar-refractivity contribution is 5.69. The van der Waals surface area contributed by atoms with E-state index in [1.165, 1.54) is 6.07 Å². The molecule has 1 aliphatic heterocycles. The minimum atomic E-state index is -4.53. The summed E-state index contributed by atoms with van der Waals surface area (Å²) in [5.74, 6) is -0.452. The van der Waals surface area contributed by atoms with Gasteiger partial charge in [-0.05, 0) is 63.2 Å². The van der Waals surface area contributed by atoms with Gasteiger partial charge in [-0.2, -0.15) is 18.3 Å². The van der Waals surface area contributed by atoms with Crippen molar-refractivity contribution in [3.05, 3.63) is 41.1 Å². The maximum absolute atomic E-state index is 12.8. The number of alkyl halides is 3. The van der Waals surface area contributed by atoms with Crippen LogP contribution in [0.15, 0.2) is 24.3 Å². The van der Waals surface area contributed by atoms with Gasteiger partial charge in [-0.1, -0.05) is 0 Å². The van der Waals surface area contributed by atoms with Crippen molar-refractivity contribution in [2.24, 2.45) is 5.92 Å². The number of piperidine rings is 1. The Kier molecular flexibility index (Phi) is 5.39. The van der Waals surface area contributed by atoms with Crippen LogP contribution >= 0.6 is 0 Å². The summed E-state index contributed by atoms with van der Waals surface area (Å²) in [4.78, 5) is 2.16. The van der Waals surface area contributed by atoms with Crippen LogP contribution < -0.4 is 0 Å². The number of nitrogens with zero attached hydrogens (tertiary/aromatic N) is 3. The van der Waals surface area contributed by atoms with Crippen LogP contribution in [-0.4, -0.2) is 45.4 Å². The first-order valence-electron chi connectivity index (χ1n) is 8.78. The van der Waals surface area contributed by atoms with Gasteiger partial charge in [0.05, 0.1) is 17.0 Å². The molecule has 0 aliphatic carbocycles. The number of phenolic OH excluding ortho intramolecular Hbond substituents is 1. The Morgan fingerprint density at radius 3 is 2.56 bits per heavy atom. The summed E-state index contributed by atoms with van der Waals surface area (Å²) < 4.78 is 38.3. The van der Waals surface area contributed by atoms with E-state index < -0.39 is 23.6 Å². The van der Waals surface area contributed by atoms with Crippen molar-refractivity contribution in [1.82, 2.24) is 15.1 Å². The lowest BCUT2D eigenvalue weighted by molar-refractivity contribution is -0.137. The first-order chi connectivity index (χ1) is 12.7. The second kappa shape index (κ2) is 7.44. The van der Waals surface area contributed by atoms with E-state index in [4.69, 9.17) is 0 Å². The van der Waals surface area contributed by atoms with Gasteiger partial charge in [-0.3, -0.25) is 0 Å². The maximum atomic E-state index is 12.8. The minimum Gasteiger partial charge on any atom is -0.507 e. The second-order valence-corrected chi connectivity index (χ2v) is 7.14. The van der Waals surface area contributed by atoms with Crippen LogP contribution in [-0.2, 0) is 6.18 Å². The number of aromatic hydroxyl groups is 1. The van der Waals surface area contributed by atoms with E-state index in [9.17, 15) is 23.4 Å². The van der Waals surface area contributed by atoms with E-state index in [1.807, 2.05) is 7.05 Å². The number of aliphatic hydroxyl groups excluding tert-OH is 1. The van der Waals surface area contributed by atoms with Crippen molar-refractivity contribution in [3.8, 4) is 17.0 Å². The molecule has 3 rings (SSSR count). The molecule has 0 amide bonds. The zero-order valence-corrected chi connectivity index (χ0v) is 15.2. The third-order valence-electron chi connectivity index (χ3n) is 4.99. The summed E-state index contributed by atoms with van der Waals surface area (Å²) in [6, 6.07) is 4.44. The molecular formula is C19H22F3N3O2. The fraction of sp³-hybridized carbons (Fsp3) is 0.474. The highest BCUT2D eigenvalue weighted by atomic mass is 19.4. The fourth-order valence-electron chi connectivity index (χ4n) is 3.53. The van der Waals surface area contributed by atoms with Gasteiger partial charge in [0.25, 0.3) is 0 Å². The molecule has 1 fully saturated rings. The van der Waals surface area contributed by atoms with Gasteiger partial charge >= 0.3 is 6.18 Å². The Hall–Kier alpha value is -2.19. The van der Waals surface area contributed by atoms with Gasteiger partial charge in [0, 0.05) is 18.0 Å². The molecule has 0 saturated carbocycles. The molecule has 0 unspecified atom stereocenters. The number of aliphatic hydroxyl groups is 1. The molecule has 1 aliphatic rings. The monoisotopic (exact) mass is 381 g/mol. The Morgan fingerprint density at radius 2 is 1.96 bits per heavy atom. The number of likely N-dealkylation sites (tertiary alicyclic amines) is 1. The van der Waals surface area contributed by atoms with Gasteiger partial charge in [0.2, 0.25) is 0 Å². The number of hydrogen-bond acceptors (Lipinski definition) is 5. The molecule has 8 heteroatoms. The second-order valence-electron chi connectivity index (χ2n) is 7.14. The van der Waals surface area contributed by atoms with Gasteiger partial charge < -0.3 is 15.1 Å². The standard InChI is InChI=1S/C19H22F3N3O2/c1-11-8-15(18(27)12-4-3-7-25(2)10-12)23-24-17(11)14-6-5-13(9-16(14)26)19(20,21)22/h5-6,8-9,12,18,26-27H,3-4,7,10H2,1-2H3/t12-,18-/m1/s1. The van der Waals surface area contributed by atoms with Crippen molar-refractivity contribution in [2.75, 3.05) is 20.1 Å². The van der Waals surface area contributed by atoms with Gasteiger partial charge in [0.15, 0.2) is 0 Å². The Bertz CT molecular complexity index is 826. The molecule has 2 heterocycles. The van der Waals surface area contributed by atoms with E-state index in [0.29, 0.717) is 17.3 Å². The van der Waals surface area contributed by atoms with Crippen molar-refractivity contribution < 1.29 is 23.4 Å². The normalized spacial score (nSPS) is 19.9. The SMILES string of the molecule is Cc1cc([C@H](O)[C@@H]2CCCN(C)C2)nnc1-c1ccc(C(F)(F)F)cc1O. The molecule has 0 radical (unpaired) electrons. The lowest BCUT2D eigenvalue weighted by atomic mass is 9.90. The number of benzene rings is 1. The van der Waals surface area contributed by atoms with Crippen molar-refractivity contribution in [1.29, 1.82) is 0 Å². The highest BCUT2D eigenvalue weighted by Gasteiger charge is 2.31. The van der Waals surface area contributed by atoms with Crippen LogP contribution in [0.5, 0.6) is 5.75 Å². The van der Waals surface area contributed by atoms with Gasteiger partial charge in [0.1, 0.15) is 11.9 Å². The first kappa shape index (κ1) is 19.6. The maximum Gasteiger partial charge on any atom is 0.416 e. The van der Waals surface area contributed by atoms with Crippen molar-refractivity contribution in [2.45, 2.75) is 32.0 Å². The summed E-state index contributed by atoms with van der Waals surface area (Å²) in [6.45, 7) is 3.49. The molecule has 1 aromatic heterocycles. The van der Waals surface area contributed by atoms with E-state index in [2.05, 4.69) is 15.1 Å². The van der Waals surface area contributed by atoms with E-state index in [0.717, 1.165) is 32.0 Å². The molecule has 2 N–H and O–H groups in total. The van der Waals surface area contributed by atoms with E-state index in [-0.39, 0.29) is 17.2 Å². The fourth-order valence-corrected chi connectivity index (χ4v) is 3.53. The molecule has 146 valence electrons. The summed E-state index contributed by atoms with van der Waals surface area (Å²) >= 11 is 0. The van der Waals surface area contributed by atoms with Crippen molar-refractivity contribution >= 4 is 0 Å². The largest absolute Gasteiger partial charge is 0.507 e. The third-order valence-corrected chi connectivity index (χ3v) is 4.99. The average Bonchev–Trinajstić information content (AvgIpc) is 2.60. The zero-order valence-electron chi connectivity index (χ0n) is 15.2. The number of aromatic nitrogens is 2. The Balaban J connectivity index is 1.87. The molecule has 27 heavy (non-hydrogen) atoms. The molecule has 2 atom stereocenters. The minimum absolute atomic E-state index is 0.0581. The average molecular weight is 381 g/mol. The zero-order chi connectivity index (χ0) is 19.8. The summed E-state index contributed by atoms with van der Waals surface area (Å²) in [7, 11) is 2.01. The Labute approximate surface area is 155 Å². The molecular weight excluding hydrogens is 359 g/mol. The van der Waals surface area contributed by atoms with Crippen LogP contribution in [0.1, 0.15) is 35.8 Å². The summed E-state index contributed by atoms with van der Waals surface area (Å²) in [5.41, 5.74) is 0.591. The van der Waals surface area contributed by atoms with Crippen LogP contribution in [0.25, 0.3) is 11.3 Å². The van der Waals surface area contributed by atoms with Gasteiger partial charge in [-0.25, -0.2) is 0 Å². The number of aryl methyl sites for hydroxylation is 1. The number of rotatable bonds is 3. The first-order valence-corrected chi connectivity index (χ1v) is 8.78. The number of hydrogen-bond donors (Lipinski definition) is 2. The van der Waals surface area contributed by atoms with E-state index >= 15 is 0 Å². The third kappa shape index (κ3) is 4.22. The molecule has 1 aromatic carbocycles. The topological polar surface area (TPSA) is 69.5 Å². The highest BCUT2D eigenvalue weighted by Crippen LogP contribution is 2.37. The quantitative estimate of drug-likeness (QED) is 0.851. The molecule has 5 nitrogen and oxygen atoms in total. The Morgan fingerprint density at radius 1 is 1.22 bits per heavy atom. The predicted molar refractivity (Wildman–Crippen MR) is 94.1 cm³/mol. The van der Waals surface area contributed by atoms with Crippen LogP contribution in [0, 0.1) is 12.8 Å². The lowest BCUT2D eigenvalue weighted by Crippen LogP contribution is -2.35. The summed E-state index contributed by atoms with van der Waals surface area (Å²) in [5, 5.41) is 28.8. The van der Waals surface area contributed by atoms with Crippen LogP contribution in [0.4, 0.5) is 13.2 Å². The van der Waals surface area contributed by atoms with Crippen LogP contribution in [0.2, 0.25) is 0 Å². The van der Waals surface area contributed by atoms with Crippen molar-refractivity contribution in [3.63, 3.8) is 0 Å². The van der Waals surface area contributed by atoms with Crippen LogP contribution in [0.3, 0.4) is 0 Å². The molecule has 2 aromatic rings. The molecule has 0 bridgehead atoms. The summed E-state index contributed by atoms with van der Waals surface area (Å²) in [6.07, 6.45) is -3.39. The molecule has 1 saturated heterocycles.